The largest absolute Gasteiger partial charge is 0.478 e. The van der Waals surface area contributed by atoms with Gasteiger partial charge in [-0.05, 0) is 168 Å². The van der Waals surface area contributed by atoms with Crippen LogP contribution in [0.1, 0.15) is 116 Å². The van der Waals surface area contributed by atoms with Crippen LogP contribution in [0.25, 0.3) is 22.5 Å². The van der Waals surface area contributed by atoms with Gasteiger partial charge in [-0.1, -0.05) is 24.3 Å². The number of carbonyl (C=O) groups is 2. The Labute approximate surface area is 463 Å². The summed E-state index contributed by atoms with van der Waals surface area (Å²) in [6.45, 7) is 21.4. The predicted octanol–water partition coefficient (Wildman–Crippen LogP) is 8.16. The molecule has 2 saturated heterocycles. The van der Waals surface area contributed by atoms with E-state index in [1.54, 1.807) is 40.4 Å². The Bertz CT molecular complexity index is 3200. The number of aromatic carboxylic acids is 1. The first-order valence-electron chi connectivity index (χ1n) is 26.7. The van der Waals surface area contributed by atoms with Crippen molar-refractivity contribution in [1.29, 1.82) is 0 Å². The lowest BCUT2D eigenvalue weighted by Gasteiger charge is -2.28. The van der Waals surface area contributed by atoms with E-state index in [0.29, 0.717) is 48.3 Å². The van der Waals surface area contributed by atoms with Crippen molar-refractivity contribution >= 4 is 35.7 Å². The summed E-state index contributed by atoms with van der Waals surface area (Å²) in [5, 5.41) is 30.9. The molecule has 0 saturated carbocycles. The molecule has 5 aromatic heterocycles. The van der Waals surface area contributed by atoms with E-state index >= 15 is 0 Å². The zero-order chi connectivity index (χ0) is 56.9. The van der Waals surface area contributed by atoms with Gasteiger partial charge in [0.2, 0.25) is 11.9 Å². The Hall–Kier alpha value is -8.14. The molecule has 7 heterocycles. The van der Waals surface area contributed by atoms with E-state index < -0.39 is 5.97 Å². The van der Waals surface area contributed by atoms with Crippen LogP contribution in [-0.2, 0) is 24.2 Å². The minimum atomic E-state index is -0.939. The van der Waals surface area contributed by atoms with E-state index in [1.807, 2.05) is 97.3 Å². The molecular formula is C58H78N18O3. The van der Waals surface area contributed by atoms with E-state index in [2.05, 4.69) is 98.8 Å². The van der Waals surface area contributed by atoms with E-state index in [1.165, 1.54) is 18.6 Å². The molecule has 21 nitrogen and oxygen atoms in total. The summed E-state index contributed by atoms with van der Waals surface area (Å²) in [4.78, 5) is 50.5. The monoisotopic (exact) mass is 1070 g/mol. The highest BCUT2D eigenvalue weighted by atomic mass is 16.4. The Morgan fingerprint density at radius 3 is 1.80 bits per heavy atom. The maximum atomic E-state index is 12.7. The third-order valence-corrected chi connectivity index (χ3v) is 13.8. The summed E-state index contributed by atoms with van der Waals surface area (Å²) in [6, 6.07) is 16.9. The zero-order valence-electron chi connectivity index (χ0n) is 47.4. The molecule has 2 fully saturated rings. The molecular weight excluding hydrogens is 997 g/mol. The van der Waals surface area contributed by atoms with Crippen molar-refractivity contribution in [2.75, 3.05) is 50.9 Å². The molecule has 9 rings (SSSR count). The van der Waals surface area contributed by atoms with Crippen molar-refractivity contribution in [1.82, 2.24) is 64.4 Å². The van der Waals surface area contributed by atoms with Gasteiger partial charge in [0.05, 0.1) is 75.7 Å². The van der Waals surface area contributed by atoms with Gasteiger partial charge in [0.25, 0.3) is 5.91 Å². The van der Waals surface area contributed by atoms with Crippen molar-refractivity contribution < 1.29 is 14.7 Å². The lowest BCUT2D eigenvalue weighted by molar-refractivity contribution is 0.0696. The molecule has 1 amide bonds. The topological polar surface area (TPSA) is 266 Å². The number of nitrogens with one attached hydrogen (secondary N) is 3. The molecule has 0 atom stereocenters. The molecule has 0 aliphatic carbocycles. The Morgan fingerprint density at radius 1 is 0.722 bits per heavy atom. The Balaban J connectivity index is 0.000000196. The lowest BCUT2D eigenvalue weighted by Crippen LogP contribution is -2.32. The van der Waals surface area contributed by atoms with Crippen molar-refractivity contribution in [3.05, 3.63) is 143 Å². The van der Waals surface area contributed by atoms with Gasteiger partial charge in [-0.2, -0.15) is 15.3 Å². The first-order valence-corrected chi connectivity index (χ1v) is 26.7. The summed E-state index contributed by atoms with van der Waals surface area (Å²) in [5.41, 5.74) is 21.6. The highest BCUT2D eigenvalue weighted by molar-refractivity contribution is 5.93. The number of likely N-dealkylation sites (tertiary alicyclic amines) is 2. The van der Waals surface area contributed by atoms with Crippen molar-refractivity contribution in [3.8, 4) is 22.5 Å². The number of anilines is 3. The average Bonchev–Trinajstić information content (AvgIpc) is 4.25. The van der Waals surface area contributed by atoms with E-state index in [0.717, 1.165) is 102 Å². The van der Waals surface area contributed by atoms with Crippen LogP contribution >= 0.6 is 0 Å². The lowest BCUT2D eigenvalue weighted by atomic mass is 10.0. The van der Waals surface area contributed by atoms with Gasteiger partial charge in [-0.3, -0.25) is 23.8 Å². The number of aryl methyl sites for hydroxylation is 2. The first kappa shape index (κ1) is 58.5. The molecule has 2 aliphatic rings. The van der Waals surface area contributed by atoms with Crippen LogP contribution < -0.4 is 27.4 Å². The average molecular weight is 1080 g/mol. The second kappa shape index (κ2) is 26.5. The van der Waals surface area contributed by atoms with E-state index in [4.69, 9.17) is 21.6 Å². The van der Waals surface area contributed by atoms with Gasteiger partial charge in [0.15, 0.2) is 0 Å². The smallest absolute Gasteiger partial charge is 0.338 e. The van der Waals surface area contributed by atoms with Crippen molar-refractivity contribution in [3.63, 3.8) is 0 Å². The number of amides is 1. The Kier molecular flexibility index (Phi) is 19.6. The van der Waals surface area contributed by atoms with Gasteiger partial charge in [0, 0.05) is 67.6 Å². The molecule has 0 spiro atoms. The zero-order valence-corrected chi connectivity index (χ0v) is 47.4. The number of benzene rings is 2. The van der Waals surface area contributed by atoms with E-state index in [-0.39, 0.29) is 22.5 Å². The molecule has 8 N–H and O–H groups in total. The first-order chi connectivity index (χ1) is 37.6. The number of piperidine rings is 2. The number of nitrogens with zero attached hydrogens (tertiary/aromatic N) is 13. The summed E-state index contributed by atoms with van der Waals surface area (Å²) < 4.78 is 5.49. The van der Waals surface area contributed by atoms with Crippen LogP contribution in [-0.4, -0.2) is 129 Å². The number of carbonyl (C=O) groups excluding carboxylic acids is 1. The summed E-state index contributed by atoms with van der Waals surface area (Å²) in [7, 11) is 4.30. The third-order valence-electron chi connectivity index (χ3n) is 13.8. The SMILES string of the molecule is CC(C)(C)n1cc(C(=O)O)cn1.Cc1cc(-c2ccnc(NC(C=NC3CCN(C)CC3)=CN)n2)ccc1CN.Cc1cc(-c2ccnc(Nc3cnn(C4CCN(C)CC4)c3)n2)ccc1CNC(=O)c1cnn(C(C)(C)C)c1. The fourth-order valence-corrected chi connectivity index (χ4v) is 8.75. The Morgan fingerprint density at radius 2 is 1.27 bits per heavy atom. The number of nitrogens with two attached hydrogens (primary N) is 2. The molecule has 0 unspecified atom stereocenters. The van der Waals surface area contributed by atoms with Gasteiger partial charge >= 0.3 is 5.97 Å². The van der Waals surface area contributed by atoms with Crippen LogP contribution in [0.5, 0.6) is 0 Å². The second-order valence-corrected chi connectivity index (χ2v) is 22.1. The molecule has 0 bridgehead atoms. The number of allylic oxidation sites excluding steroid dienone is 1. The number of hydrogen-bond acceptors (Lipinski definition) is 16. The number of hydrogen-bond donors (Lipinski definition) is 6. The van der Waals surface area contributed by atoms with Gasteiger partial charge in [-0.15, -0.1) is 0 Å². The minimum absolute atomic E-state index is 0.139. The molecule has 21 heteroatoms. The van der Waals surface area contributed by atoms with Crippen molar-refractivity contribution in [2.24, 2.45) is 16.5 Å². The highest BCUT2D eigenvalue weighted by Gasteiger charge is 2.21. The van der Waals surface area contributed by atoms with E-state index in [9.17, 15) is 9.59 Å². The summed E-state index contributed by atoms with van der Waals surface area (Å²) in [6.07, 6.45) is 21.2. The van der Waals surface area contributed by atoms with Crippen LogP contribution in [0.15, 0.2) is 115 Å². The minimum Gasteiger partial charge on any atom is -0.478 e. The quantitative estimate of drug-likeness (QED) is 0.0561. The van der Waals surface area contributed by atoms with Crippen LogP contribution in [0.3, 0.4) is 0 Å². The predicted molar refractivity (Wildman–Crippen MR) is 311 cm³/mol. The van der Waals surface area contributed by atoms with Crippen molar-refractivity contribution in [2.45, 2.75) is 117 Å². The molecule has 2 aliphatic heterocycles. The highest BCUT2D eigenvalue weighted by Crippen LogP contribution is 2.26. The number of aliphatic imine (C=N–C) groups is 1. The van der Waals surface area contributed by atoms with Crippen LogP contribution in [0, 0.1) is 13.8 Å². The summed E-state index contributed by atoms with van der Waals surface area (Å²) in [5.74, 6) is -0.0602. The normalized spacial score (nSPS) is 15.0. The number of carboxylic acids is 1. The molecule has 7 aromatic rings. The molecule has 418 valence electrons. The van der Waals surface area contributed by atoms with Crippen LogP contribution in [0.4, 0.5) is 17.6 Å². The number of carboxylic acid groups (broad SMARTS) is 1. The third kappa shape index (κ3) is 16.7. The maximum absolute atomic E-state index is 12.7. The molecule has 79 heavy (non-hydrogen) atoms. The van der Waals surface area contributed by atoms with Gasteiger partial charge in [-0.25, -0.2) is 24.7 Å². The fraction of sp³-hybridized carbons (Fsp3) is 0.414. The van der Waals surface area contributed by atoms with Gasteiger partial charge in [0.1, 0.15) is 0 Å². The number of rotatable bonds is 14. The standard InChI is InChI=1S/C29H37N9O.C21H29N7.C8H12N2O2/c1-20-14-21(6-7-22(20)15-31-27(39)23-16-33-38(18-23)29(2,3)4)26-8-11-30-28(35-26)34-24-17-32-37(19-24)25-9-12-36(5)13-10-25;1-15-11-16(3-4-17(15)12-22)20-5-8-24-21(27-20)26-19(13-23)14-25-18-6-9-28(2)10-7-18;1-8(2,3)10-5-6(4-9-10)7(11)12/h6-8,11,14,16-19,25H,9-10,12-13,15H2,1-5H3,(H,31,39)(H,30,34,35);3-5,8,11,13-14,18H,6-7,9-10,12,22-23H2,1-2H3,(H,24,26,27);4-5H,1-3H3,(H,11,12). The van der Waals surface area contributed by atoms with Gasteiger partial charge < -0.3 is 42.3 Å². The molecule has 0 radical (unpaired) electrons. The van der Waals surface area contributed by atoms with Crippen LogP contribution in [0.2, 0.25) is 0 Å². The fourth-order valence-electron chi connectivity index (χ4n) is 8.75. The second-order valence-electron chi connectivity index (χ2n) is 22.1. The number of aromatic nitrogens is 10. The molecule has 2 aromatic carbocycles. The maximum Gasteiger partial charge on any atom is 0.338 e. The summed E-state index contributed by atoms with van der Waals surface area (Å²) >= 11 is 0.